The van der Waals surface area contributed by atoms with Gasteiger partial charge in [0.05, 0.1) is 31.0 Å². The van der Waals surface area contributed by atoms with E-state index >= 15 is 0 Å². The summed E-state index contributed by atoms with van der Waals surface area (Å²) >= 11 is 0. The molecule has 0 aliphatic carbocycles. The summed E-state index contributed by atoms with van der Waals surface area (Å²) in [5.74, 6) is 0.176. The van der Waals surface area contributed by atoms with Crippen LogP contribution in [0.5, 0.6) is 5.75 Å². The number of anilines is 1. The van der Waals surface area contributed by atoms with Crippen molar-refractivity contribution in [1.29, 1.82) is 5.26 Å². The Morgan fingerprint density at radius 1 is 1.19 bits per heavy atom. The van der Waals surface area contributed by atoms with Crippen molar-refractivity contribution in [2.45, 2.75) is 11.4 Å². The zero-order chi connectivity index (χ0) is 19.4. The molecule has 1 heterocycles. The van der Waals surface area contributed by atoms with Crippen LogP contribution in [-0.4, -0.2) is 30.4 Å². The number of nitrogens with two attached hydrogens (primary N) is 1. The molecular weight excluding hydrogens is 368 g/mol. The number of ether oxygens (including phenoxy) is 1. The predicted octanol–water partition coefficient (Wildman–Crippen LogP) is 1.28. The molecule has 9 nitrogen and oxygen atoms in total. The van der Waals surface area contributed by atoms with Gasteiger partial charge in [0.15, 0.2) is 0 Å². The fourth-order valence-corrected chi connectivity index (χ4v) is 3.30. The van der Waals surface area contributed by atoms with E-state index in [0.29, 0.717) is 17.7 Å². The molecule has 3 aromatic rings. The molecule has 0 unspecified atom stereocenters. The Kier molecular flexibility index (Phi) is 5.07. The van der Waals surface area contributed by atoms with Gasteiger partial charge in [0.2, 0.25) is 10.0 Å². The summed E-state index contributed by atoms with van der Waals surface area (Å²) in [6.45, 7) is 0.302. The van der Waals surface area contributed by atoms with Crippen LogP contribution >= 0.6 is 0 Å². The van der Waals surface area contributed by atoms with Gasteiger partial charge in [-0.05, 0) is 42.0 Å². The zero-order valence-electron chi connectivity index (χ0n) is 14.3. The molecule has 0 saturated carbocycles. The van der Waals surface area contributed by atoms with Gasteiger partial charge in [-0.25, -0.2) is 18.2 Å². The smallest absolute Gasteiger partial charge is 0.241 e. The molecular formula is C17H16N6O3S. The molecule has 0 aliphatic rings. The van der Waals surface area contributed by atoms with Crippen molar-refractivity contribution in [3.8, 4) is 11.8 Å². The van der Waals surface area contributed by atoms with E-state index in [4.69, 9.17) is 15.1 Å². The third-order valence-corrected chi connectivity index (χ3v) is 4.78. The molecule has 0 saturated heterocycles. The molecule has 0 bridgehead atoms. The Labute approximate surface area is 156 Å². The lowest BCUT2D eigenvalue weighted by Crippen LogP contribution is -2.28. The lowest BCUT2D eigenvalue weighted by Gasteiger charge is -2.25. The Bertz CT molecular complexity index is 1070. The van der Waals surface area contributed by atoms with Crippen molar-refractivity contribution in [3.05, 3.63) is 66.2 Å². The van der Waals surface area contributed by atoms with Gasteiger partial charge >= 0.3 is 0 Å². The average Bonchev–Trinajstić information content (AvgIpc) is 3.20. The van der Waals surface area contributed by atoms with Gasteiger partial charge in [-0.1, -0.05) is 6.07 Å². The van der Waals surface area contributed by atoms with Gasteiger partial charge in [0.25, 0.3) is 0 Å². The number of aromatic nitrogens is 3. The van der Waals surface area contributed by atoms with Gasteiger partial charge in [-0.15, -0.1) is 10.2 Å². The lowest BCUT2D eigenvalue weighted by atomic mass is 10.2. The summed E-state index contributed by atoms with van der Waals surface area (Å²) in [6.07, 6.45) is 3.03. The topological polar surface area (TPSA) is 127 Å². The second kappa shape index (κ2) is 7.45. The van der Waals surface area contributed by atoms with Crippen molar-refractivity contribution in [3.63, 3.8) is 0 Å². The highest BCUT2D eigenvalue weighted by Crippen LogP contribution is 2.26. The fraction of sp³-hybridized carbons (Fsp3) is 0.118. The number of nitriles is 1. The highest BCUT2D eigenvalue weighted by atomic mass is 32.2. The largest absolute Gasteiger partial charge is 0.495 e. The van der Waals surface area contributed by atoms with Crippen LogP contribution < -0.4 is 14.9 Å². The first-order valence-corrected chi connectivity index (χ1v) is 9.29. The van der Waals surface area contributed by atoms with Crippen LogP contribution in [0.1, 0.15) is 11.1 Å². The molecule has 0 radical (unpaired) electrons. The van der Waals surface area contributed by atoms with E-state index < -0.39 is 10.0 Å². The fourth-order valence-electron chi connectivity index (χ4n) is 2.55. The molecule has 2 N–H and O–H groups in total. The maximum absolute atomic E-state index is 11.8. The van der Waals surface area contributed by atoms with E-state index in [2.05, 4.69) is 16.3 Å². The van der Waals surface area contributed by atoms with Crippen molar-refractivity contribution in [1.82, 2.24) is 14.9 Å². The van der Waals surface area contributed by atoms with Crippen LogP contribution in [0.15, 0.2) is 60.0 Å². The van der Waals surface area contributed by atoms with E-state index in [1.807, 2.05) is 5.01 Å². The second-order valence-corrected chi connectivity index (χ2v) is 7.12. The molecule has 138 valence electrons. The number of primary sulfonamides is 1. The van der Waals surface area contributed by atoms with Crippen LogP contribution in [0.3, 0.4) is 0 Å². The summed E-state index contributed by atoms with van der Waals surface area (Å²) in [4.78, 5) is -0.0916. The second-order valence-electron chi connectivity index (χ2n) is 5.59. The Balaban J connectivity index is 2.01. The monoisotopic (exact) mass is 384 g/mol. The number of benzene rings is 2. The number of hydrogen-bond acceptors (Lipinski definition) is 7. The first-order valence-electron chi connectivity index (χ1n) is 7.74. The SMILES string of the molecule is COc1ccc(CN(c2ccc(C#N)cc2)n2cnnc2)cc1S(N)(=O)=O. The van der Waals surface area contributed by atoms with Crippen LogP contribution in [-0.2, 0) is 16.6 Å². The van der Waals surface area contributed by atoms with Gasteiger partial charge < -0.3 is 4.74 Å². The van der Waals surface area contributed by atoms with E-state index in [-0.39, 0.29) is 10.6 Å². The lowest BCUT2D eigenvalue weighted by molar-refractivity contribution is 0.402. The molecule has 2 aromatic carbocycles. The molecule has 0 fully saturated rings. The van der Waals surface area contributed by atoms with Crippen LogP contribution in [0, 0.1) is 11.3 Å². The summed E-state index contributed by atoms with van der Waals surface area (Å²) in [6, 6.07) is 13.8. The molecule has 1 aromatic heterocycles. The highest BCUT2D eigenvalue weighted by molar-refractivity contribution is 7.89. The van der Waals surface area contributed by atoms with Gasteiger partial charge in [-0.3, -0.25) is 5.01 Å². The normalized spacial score (nSPS) is 11.0. The predicted molar refractivity (Wildman–Crippen MR) is 97.1 cm³/mol. The maximum atomic E-state index is 11.8. The maximum Gasteiger partial charge on any atom is 0.241 e. The van der Waals surface area contributed by atoms with E-state index in [1.165, 1.54) is 25.8 Å². The number of hydrogen-bond donors (Lipinski definition) is 1. The first-order chi connectivity index (χ1) is 12.9. The summed E-state index contributed by atoms with van der Waals surface area (Å²) in [5, 5.41) is 23.7. The minimum absolute atomic E-state index is 0.0916. The molecule has 0 spiro atoms. The first kappa shape index (κ1) is 18.4. The summed E-state index contributed by atoms with van der Waals surface area (Å²) in [5.41, 5.74) is 1.98. The minimum atomic E-state index is -3.94. The number of methoxy groups -OCH3 is 1. The average molecular weight is 384 g/mol. The van der Waals surface area contributed by atoms with E-state index in [1.54, 1.807) is 41.1 Å². The molecule has 0 amide bonds. The molecule has 27 heavy (non-hydrogen) atoms. The number of rotatable bonds is 6. The van der Waals surface area contributed by atoms with E-state index in [9.17, 15) is 8.42 Å². The Morgan fingerprint density at radius 3 is 2.41 bits per heavy atom. The molecule has 0 aliphatic heterocycles. The van der Waals surface area contributed by atoms with Crippen molar-refractivity contribution in [2.24, 2.45) is 5.14 Å². The van der Waals surface area contributed by atoms with Crippen LogP contribution in [0.4, 0.5) is 5.69 Å². The molecule has 10 heteroatoms. The summed E-state index contributed by atoms with van der Waals surface area (Å²) < 4.78 is 30.4. The number of nitrogens with zero attached hydrogens (tertiary/aromatic N) is 5. The summed E-state index contributed by atoms with van der Waals surface area (Å²) in [7, 11) is -2.56. The molecule has 0 atom stereocenters. The Morgan fingerprint density at radius 2 is 1.85 bits per heavy atom. The third-order valence-electron chi connectivity index (χ3n) is 3.85. The van der Waals surface area contributed by atoms with Crippen LogP contribution in [0.25, 0.3) is 0 Å². The number of sulfonamides is 1. The molecule has 3 rings (SSSR count). The van der Waals surface area contributed by atoms with Gasteiger partial charge in [-0.2, -0.15) is 5.26 Å². The van der Waals surface area contributed by atoms with Crippen molar-refractivity contribution < 1.29 is 13.2 Å². The third kappa shape index (κ3) is 4.05. The zero-order valence-corrected chi connectivity index (χ0v) is 15.2. The standard InChI is InChI=1S/C17H16N6O3S/c1-26-16-7-4-14(8-17(16)27(19,24)25)10-23(22-11-20-21-12-22)15-5-2-13(9-18)3-6-15/h2-8,11-12H,10H2,1H3,(H2,19,24,25). The minimum Gasteiger partial charge on any atom is -0.495 e. The Hall–Kier alpha value is -3.42. The highest BCUT2D eigenvalue weighted by Gasteiger charge is 2.17. The van der Waals surface area contributed by atoms with Crippen molar-refractivity contribution >= 4 is 15.7 Å². The van der Waals surface area contributed by atoms with Gasteiger partial charge in [0.1, 0.15) is 23.3 Å². The quantitative estimate of drug-likeness (QED) is 0.678. The van der Waals surface area contributed by atoms with Gasteiger partial charge in [0, 0.05) is 0 Å². The van der Waals surface area contributed by atoms with Crippen LogP contribution in [0.2, 0.25) is 0 Å². The van der Waals surface area contributed by atoms with E-state index in [0.717, 1.165) is 5.69 Å². The van der Waals surface area contributed by atoms with Crippen molar-refractivity contribution in [2.75, 3.05) is 12.1 Å².